The van der Waals surface area contributed by atoms with Crippen LogP contribution in [0.4, 0.5) is 0 Å². The molecular weight excluding hydrogens is 396 g/mol. The summed E-state index contributed by atoms with van der Waals surface area (Å²) in [6.45, 7) is -0.392. The average molecular weight is 410 g/mol. The number of aromatic nitrogens is 4. The fourth-order valence-corrected chi connectivity index (χ4v) is 4.18. The number of ether oxygens (including phenoxy) is 1. The van der Waals surface area contributed by atoms with Gasteiger partial charge in [-0.2, -0.15) is 9.36 Å². The van der Waals surface area contributed by atoms with Gasteiger partial charge in [0, 0.05) is 17.0 Å². The number of carbonyl (C=O) groups excluding carboxylic acids is 1. The number of hydrogen-bond donors (Lipinski definition) is 0. The van der Waals surface area contributed by atoms with E-state index in [1.54, 1.807) is 24.3 Å². The summed E-state index contributed by atoms with van der Waals surface area (Å²) in [5.41, 5.74) is 1.23. The zero-order chi connectivity index (χ0) is 20.0. The first-order valence-corrected chi connectivity index (χ1v) is 9.84. The fourth-order valence-electron chi connectivity index (χ4n) is 3.52. The summed E-state index contributed by atoms with van der Waals surface area (Å²) in [6.07, 6.45) is 2.49. The van der Waals surface area contributed by atoms with Gasteiger partial charge >= 0.3 is 17.3 Å². The highest BCUT2D eigenvalue weighted by molar-refractivity contribution is 7.12. The van der Waals surface area contributed by atoms with Crippen LogP contribution in [0, 0.1) is 0 Å². The van der Waals surface area contributed by atoms with Crippen LogP contribution in [0.25, 0.3) is 16.0 Å². The van der Waals surface area contributed by atoms with Crippen LogP contribution in [-0.4, -0.2) is 25.8 Å². The van der Waals surface area contributed by atoms with Crippen molar-refractivity contribution in [1.82, 2.24) is 19.8 Å². The quantitative estimate of drug-likeness (QED) is 0.286. The Hall–Kier alpha value is -3.53. The van der Waals surface area contributed by atoms with E-state index < -0.39 is 18.2 Å². The lowest BCUT2D eigenvalue weighted by atomic mass is 10.1. The van der Waals surface area contributed by atoms with Crippen molar-refractivity contribution in [2.45, 2.75) is 25.8 Å². The lowest BCUT2D eigenvalue weighted by Crippen LogP contribution is -2.28. The summed E-state index contributed by atoms with van der Waals surface area (Å²) in [4.78, 5) is 36.7. The molecule has 0 atom stereocenters. The lowest BCUT2D eigenvalue weighted by Gasteiger charge is -2.07. The Bertz CT molecular complexity index is 1350. The van der Waals surface area contributed by atoms with Crippen LogP contribution in [0.5, 0.6) is 5.75 Å². The number of hydrogen-bond acceptors (Lipinski definition) is 8. The number of benzene rings is 1. The van der Waals surface area contributed by atoms with Gasteiger partial charge in [-0.05, 0) is 64.9 Å². The smallest absolute Gasteiger partial charge is 0.369 e. The third-order valence-corrected chi connectivity index (χ3v) is 5.65. The van der Waals surface area contributed by atoms with Gasteiger partial charge in [-0.1, -0.05) is 0 Å². The van der Waals surface area contributed by atoms with Crippen LogP contribution < -0.4 is 16.1 Å². The van der Waals surface area contributed by atoms with Crippen molar-refractivity contribution >= 4 is 28.3 Å². The zero-order valence-corrected chi connectivity index (χ0v) is 15.8. The van der Waals surface area contributed by atoms with Gasteiger partial charge in [0.25, 0.3) is 0 Å². The Labute approximate surface area is 166 Å². The molecule has 5 rings (SSSR count). The molecule has 1 aromatic carbocycles. The van der Waals surface area contributed by atoms with E-state index in [2.05, 4.69) is 10.4 Å². The van der Waals surface area contributed by atoms with Crippen molar-refractivity contribution in [3.05, 3.63) is 67.7 Å². The summed E-state index contributed by atoms with van der Waals surface area (Å²) >= 11 is 1.33. The second-order valence-electron chi connectivity index (χ2n) is 6.61. The van der Waals surface area contributed by atoms with Crippen LogP contribution in [-0.2, 0) is 24.2 Å². The van der Waals surface area contributed by atoms with Crippen LogP contribution in [0.15, 0.2) is 49.7 Å². The third-order valence-electron chi connectivity index (χ3n) is 4.81. The first-order chi connectivity index (χ1) is 14.1. The monoisotopic (exact) mass is 410 g/mol. The Morgan fingerprint density at radius 2 is 2.03 bits per heavy atom. The molecule has 1 aliphatic carbocycles. The summed E-state index contributed by atoms with van der Waals surface area (Å²) in [5.74, 6) is -0.463. The Kier molecular flexibility index (Phi) is 4.13. The molecule has 0 radical (unpaired) electrons. The molecule has 1 aliphatic rings. The second kappa shape index (κ2) is 6.82. The van der Waals surface area contributed by atoms with Gasteiger partial charge in [-0.3, -0.25) is 0 Å². The standard InChI is InChI=1S/C19H14N4O5S/c24-17(10-22-19(26)23(21-20-22)16-5-2-8-29-16)27-11-6-7-13-12-3-1-4-14(12)18(25)28-15(13)9-11/h2,5-9H,1,3-4,10H2. The van der Waals surface area contributed by atoms with E-state index >= 15 is 0 Å². The van der Waals surface area contributed by atoms with Crippen molar-refractivity contribution in [3.63, 3.8) is 0 Å². The molecule has 0 N–H and O–H groups in total. The van der Waals surface area contributed by atoms with Crippen molar-refractivity contribution < 1.29 is 13.9 Å². The summed E-state index contributed by atoms with van der Waals surface area (Å²) in [5, 5.41) is 10.8. The Morgan fingerprint density at radius 3 is 2.86 bits per heavy atom. The molecule has 0 saturated carbocycles. The number of fused-ring (bicyclic) bond motifs is 3. The molecule has 4 aromatic rings. The van der Waals surface area contributed by atoms with E-state index in [1.165, 1.54) is 17.4 Å². The van der Waals surface area contributed by atoms with E-state index in [9.17, 15) is 14.4 Å². The van der Waals surface area contributed by atoms with Gasteiger partial charge in [0.15, 0.2) is 0 Å². The maximum atomic E-state index is 12.3. The van der Waals surface area contributed by atoms with E-state index in [-0.39, 0.29) is 11.4 Å². The maximum Gasteiger partial charge on any atom is 0.369 e. The number of carbonyl (C=O) groups is 1. The van der Waals surface area contributed by atoms with E-state index in [0.717, 1.165) is 45.1 Å². The number of esters is 1. The van der Waals surface area contributed by atoms with Gasteiger partial charge < -0.3 is 9.15 Å². The Balaban J connectivity index is 1.37. The summed E-state index contributed by atoms with van der Waals surface area (Å²) < 4.78 is 12.7. The van der Waals surface area contributed by atoms with Crippen molar-refractivity contribution in [2.75, 3.05) is 0 Å². The topological polar surface area (TPSA) is 109 Å². The molecule has 0 bridgehead atoms. The number of thiophene rings is 1. The molecule has 0 aliphatic heterocycles. The Morgan fingerprint density at radius 1 is 1.17 bits per heavy atom. The van der Waals surface area contributed by atoms with Gasteiger partial charge in [-0.15, -0.1) is 11.3 Å². The largest absolute Gasteiger partial charge is 0.425 e. The molecule has 0 unspecified atom stereocenters. The van der Waals surface area contributed by atoms with Gasteiger partial charge in [0.1, 0.15) is 22.9 Å². The fraction of sp³-hybridized carbons (Fsp3) is 0.211. The highest BCUT2D eigenvalue weighted by Gasteiger charge is 2.20. The highest BCUT2D eigenvalue weighted by Crippen LogP contribution is 2.29. The van der Waals surface area contributed by atoms with Gasteiger partial charge in [0.2, 0.25) is 0 Å². The highest BCUT2D eigenvalue weighted by atomic mass is 32.1. The number of rotatable bonds is 4. The third kappa shape index (κ3) is 3.07. The summed E-state index contributed by atoms with van der Waals surface area (Å²) in [6, 6.07) is 8.45. The molecule has 0 amide bonds. The molecule has 10 heteroatoms. The maximum absolute atomic E-state index is 12.3. The van der Waals surface area contributed by atoms with E-state index in [1.807, 2.05) is 5.38 Å². The van der Waals surface area contributed by atoms with Crippen molar-refractivity contribution in [3.8, 4) is 10.8 Å². The molecule has 0 spiro atoms. The lowest BCUT2D eigenvalue weighted by molar-refractivity contribution is -0.135. The molecule has 0 fully saturated rings. The first kappa shape index (κ1) is 17.6. The molecular formula is C19H14N4O5S. The van der Waals surface area contributed by atoms with E-state index in [4.69, 9.17) is 9.15 Å². The van der Waals surface area contributed by atoms with Crippen LogP contribution in [0.2, 0.25) is 0 Å². The second-order valence-corrected chi connectivity index (χ2v) is 7.54. The molecule has 9 nitrogen and oxygen atoms in total. The minimum Gasteiger partial charge on any atom is -0.425 e. The van der Waals surface area contributed by atoms with Gasteiger partial charge in [0.05, 0.1) is 0 Å². The summed E-state index contributed by atoms with van der Waals surface area (Å²) in [7, 11) is 0. The average Bonchev–Trinajstić information content (AvgIpc) is 3.44. The normalized spacial score (nSPS) is 13.0. The molecule has 0 saturated heterocycles. The van der Waals surface area contributed by atoms with Crippen molar-refractivity contribution in [1.29, 1.82) is 0 Å². The molecule has 146 valence electrons. The van der Waals surface area contributed by atoms with Gasteiger partial charge in [-0.25, -0.2) is 14.4 Å². The SMILES string of the molecule is O=C(Cn1nnn(-c2cccs2)c1=O)Oc1ccc2c3c(c(=O)oc2c1)CCC3. The van der Waals surface area contributed by atoms with E-state index in [0.29, 0.717) is 10.6 Å². The minimum absolute atomic E-state index is 0.224. The first-order valence-electron chi connectivity index (χ1n) is 8.96. The number of nitrogens with zero attached hydrogens (tertiary/aromatic N) is 4. The van der Waals surface area contributed by atoms with Crippen LogP contribution in [0.3, 0.4) is 0 Å². The predicted molar refractivity (Wildman–Crippen MR) is 104 cm³/mol. The predicted octanol–water partition coefficient (Wildman–Crippen LogP) is 1.69. The number of tetrazole rings is 1. The molecule has 29 heavy (non-hydrogen) atoms. The number of aryl methyl sites for hydroxylation is 1. The van der Waals surface area contributed by atoms with Crippen LogP contribution in [0.1, 0.15) is 17.5 Å². The van der Waals surface area contributed by atoms with Crippen LogP contribution >= 0.6 is 11.3 Å². The minimum atomic E-state index is -0.687. The molecule has 3 aromatic heterocycles. The molecule has 3 heterocycles. The zero-order valence-electron chi connectivity index (χ0n) is 15.0. The van der Waals surface area contributed by atoms with Crippen molar-refractivity contribution in [2.24, 2.45) is 0 Å².